The van der Waals surface area contributed by atoms with Gasteiger partial charge in [-0.2, -0.15) is 18.3 Å². The summed E-state index contributed by atoms with van der Waals surface area (Å²) >= 11 is 12.6. The lowest BCUT2D eigenvalue weighted by atomic mass is 9.93. The number of amides is 2. The second-order valence-corrected chi connectivity index (χ2v) is 10.1. The van der Waals surface area contributed by atoms with Crippen LogP contribution in [0, 0.1) is 5.82 Å². The van der Waals surface area contributed by atoms with Gasteiger partial charge in [0.15, 0.2) is 5.65 Å². The number of nitrogens with one attached hydrogen (secondary N) is 2. The van der Waals surface area contributed by atoms with Gasteiger partial charge in [-0.3, -0.25) is 9.59 Å². The maximum Gasteiger partial charge on any atom is 0.416 e. The molecule has 6 rings (SSSR count). The van der Waals surface area contributed by atoms with E-state index in [1.54, 1.807) is 48.7 Å². The van der Waals surface area contributed by atoms with Crippen molar-refractivity contribution < 1.29 is 27.2 Å². The van der Waals surface area contributed by atoms with Crippen LogP contribution in [0.4, 0.5) is 23.2 Å². The topological polar surface area (TPSA) is 88.4 Å². The minimum absolute atomic E-state index is 0.0957. The van der Waals surface area contributed by atoms with E-state index in [1.165, 1.54) is 10.8 Å². The van der Waals surface area contributed by atoms with Gasteiger partial charge in [0.05, 0.1) is 11.6 Å². The molecule has 0 unspecified atom stereocenters. The van der Waals surface area contributed by atoms with Gasteiger partial charge in [-0.25, -0.2) is 13.9 Å². The number of fused-ring (bicyclic) bond motifs is 2. The molecule has 1 atom stereocenters. The van der Waals surface area contributed by atoms with Crippen molar-refractivity contribution in [2.24, 2.45) is 0 Å². The molecule has 0 bridgehead atoms. The van der Waals surface area contributed by atoms with Crippen molar-refractivity contribution in [1.29, 1.82) is 0 Å². The minimum Gasteiger partial charge on any atom is -0.341 e. The molecule has 206 valence electrons. The summed E-state index contributed by atoms with van der Waals surface area (Å²) in [5.41, 5.74) is 0.810. The van der Waals surface area contributed by atoms with Gasteiger partial charge < -0.3 is 10.6 Å². The van der Waals surface area contributed by atoms with Crippen LogP contribution in [0.5, 0.6) is 0 Å². The highest BCUT2D eigenvalue weighted by Crippen LogP contribution is 2.42. The van der Waals surface area contributed by atoms with Crippen molar-refractivity contribution in [2.45, 2.75) is 12.2 Å². The van der Waals surface area contributed by atoms with Gasteiger partial charge in [0, 0.05) is 44.2 Å². The molecule has 41 heavy (non-hydrogen) atoms. The maximum atomic E-state index is 14.1. The SMILES string of the molecule is O=C(Nc1cc(-c2ccc3ncnn3c2)cc2c1[C@@H](c1cc(Cl)ccc1Cl)NC2=O)c1cc(F)cc(C(F)(F)F)c1. The third-order valence-corrected chi connectivity index (χ3v) is 7.18. The predicted octanol–water partition coefficient (Wildman–Crippen LogP) is 6.95. The van der Waals surface area contributed by atoms with Crippen LogP contribution in [-0.4, -0.2) is 26.4 Å². The fourth-order valence-corrected chi connectivity index (χ4v) is 5.15. The quantitative estimate of drug-likeness (QED) is 0.219. The van der Waals surface area contributed by atoms with E-state index < -0.39 is 41.0 Å². The first-order chi connectivity index (χ1) is 19.5. The fourth-order valence-electron chi connectivity index (χ4n) is 4.74. The average molecular weight is 600 g/mol. The van der Waals surface area contributed by atoms with E-state index in [-0.39, 0.29) is 16.3 Å². The molecule has 13 heteroatoms. The van der Waals surface area contributed by atoms with Crippen molar-refractivity contribution in [2.75, 3.05) is 5.32 Å². The molecule has 0 fully saturated rings. The van der Waals surface area contributed by atoms with Crippen molar-refractivity contribution in [3.63, 3.8) is 0 Å². The molecule has 0 radical (unpaired) electrons. The van der Waals surface area contributed by atoms with Gasteiger partial charge >= 0.3 is 6.18 Å². The lowest BCUT2D eigenvalue weighted by Gasteiger charge is -2.19. The molecule has 1 aliphatic heterocycles. The van der Waals surface area contributed by atoms with Crippen LogP contribution in [0.15, 0.2) is 73.2 Å². The van der Waals surface area contributed by atoms with Crippen LogP contribution in [0.3, 0.4) is 0 Å². The third kappa shape index (κ3) is 4.98. The molecule has 1 aliphatic rings. The Labute approximate surface area is 238 Å². The van der Waals surface area contributed by atoms with Gasteiger partial charge in [0.1, 0.15) is 12.1 Å². The highest BCUT2D eigenvalue weighted by molar-refractivity contribution is 6.33. The van der Waals surface area contributed by atoms with E-state index >= 15 is 0 Å². The van der Waals surface area contributed by atoms with Crippen LogP contribution in [0.25, 0.3) is 16.8 Å². The van der Waals surface area contributed by atoms with Gasteiger partial charge in [0.2, 0.25) is 0 Å². The van der Waals surface area contributed by atoms with Crippen LogP contribution >= 0.6 is 23.2 Å². The lowest BCUT2D eigenvalue weighted by molar-refractivity contribution is -0.137. The summed E-state index contributed by atoms with van der Waals surface area (Å²) in [7, 11) is 0. The Kier molecular flexibility index (Phi) is 6.43. The molecule has 3 aromatic carbocycles. The average Bonchev–Trinajstić information content (AvgIpc) is 3.53. The molecule has 5 aromatic rings. The predicted molar refractivity (Wildman–Crippen MR) is 144 cm³/mol. The Balaban J connectivity index is 1.51. The first kappa shape index (κ1) is 26.7. The van der Waals surface area contributed by atoms with E-state index in [9.17, 15) is 27.2 Å². The molecule has 2 aromatic heterocycles. The zero-order valence-electron chi connectivity index (χ0n) is 20.4. The number of alkyl halides is 3. The molecule has 0 saturated heterocycles. The number of rotatable bonds is 4. The van der Waals surface area contributed by atoms with E-state index in [2.05, 4.69) is 20.7 Å². The minimum atomic E-state index is -4.87. The second-order valence-electron chi connectivity index (χ2n) is 9.22. The van der Waals surface area contributed by atoms with Gasteiger partial charge in [0.25, 0.3) is 11.8 Å². The van der Waals surface area contributed by atoms with Crippen LogP contribution < -0.4 is 10.6 Å². The van der Waals surface area contributed by atoms with Gasteiger partial charge in [-0.1, -0.05) is 23.2 Å². The van der Waals surface area contributed by atoms with Crippen molar-refractivity contribution in [3.8, 4) is 11.1 Å². The smallest absolute Gasteiger partial charge is 0.341 e. The third-order valence-electron chi connectivity index (χ3n) is 6.60. The monoisotopic (exact) mass is 599 g/mol. The Morgan fingerprint density at radius 3 is 2.59 bits per heavy atom. The highest BCUT2D eigenvalue weighted by atomic mass is 35.5. The number of halogens is 6. The zero-order valence-corrected chi connectivity index (χ0v) is 21.9. The normalized spacial score (nSPS) is 14.7. The number of hydrogen-bond donors (Lipinski definition) is 2. The molecule has 0 spiro atoms. The van der Waals surface area contributed by atoms with E-state index in [1.807, 2.05) is 0 Å². The lowest BCUT2D eigenvalue weighted by Crippen LogP contribution is -2.21. The number of benzene rings is 3. The number of pyridine rings is 1. The summed E-state index contributed by atoms with van der Waals surface area (Å²) in [6.45, 7) is 0. The Morgan fingerprint density at radius 1 is 1.00 bits per heavy atom. The van der Waals surface area contributed by atoms with E-state index in [0.29, 0.717) is 51.1 Å². The van der Waals surface area contributed by atoms with Gasteiger partial charge in [-0.05, 0) is 71.8 Å². The zero-order chi connectivity index (χ0) is 29.1. The molecular weight excluding hydrogens is 585 g/mol. The summed E-state index contributed by atoms with van der Waals surface area (Å²) in [6, 6.07) is 12.0. The summed E-state index contributed by atoms with van der Waals surface area (Å²) in [5, 5.41) is 10.2. The number of hydrogen-bond acceptors (Lipinski definition) is 4. The summed E-state index contributed by atoms with van der Waals surface area (Å²) in [5.74, 6) is -2.73. The largest absolute Gasteiger partial charge is 0.416 e. The fraction of sp³-hybridized carbons (Fsp3) is 0.0714. The summed E-state index contributed by atoms with van der Waals surface area (Å²) in [6.07, 6.45) is -1.84. The molecule has 3 heterocycles. The van der Waals surface area contributed by atoms with Crippen molar-refractivity contribution in [3.05, 3.63) is 117 Å². The molecular formula is C28H15Cl2F4N5O2. The Hall–Kier alpha value is -4.48. The Morgan fingerprint density at radius 2 is 1.80 bits per heavy atom. The first-order valence-electron chi connectivity index (χ1n) is 11.9. The maximum absolute atomic E-state index is 14.1. The van der Waals surface area contributed by atoms with Crippen LogP contribution in [0.2, 0.25) is 10.0 Å². The van der Waals surface area contributed by atoms with Crippen LogP contribution in [-0.2, 0) is 6.18 Å². The number of aromatic nitrogens is 3. The number of carbonyl (C=O) groups excluding carboxylic acids is 2. The molecule has 7 nitrogen and oxygen atoms in total. The first-order valence-corrected chi connectivity index (χ1v) is 12.7. The molecule has 0 saturated carbocycles. The second kappa shape index (κ2) is 9.86. The van der Waals surface area contributed by atoms with Crippen LogP contribution in [0.1, 0.15) is 43.4 Å². The molecule has 2 N–H and O–H groups in total. The van der Waals surface area contributed by atoms with Crippen molar-refractivity contribution >= 4 is 46.4 Å². The Bertz CT molecular complexity index is 1890. The number of nitrogens with zero attached hydrogens (tertiary/aromatic N) is 3. The van der Waals surface area contributed by atoms with E-state index in [4.69, 9.17) is 23.2 Å². The summed E-state index contributed by atoms with van der Waals surface area (Å²) in [4.78, 5) is 30.6. The standard InChI is InChI=1S/C28H15Cl2F4N5O2/c29-17-2-3-21(30)19(10-17)25-24-20(27(41)38-25)7-14(13-1-4-23-35-12-36-39(23)11-13)8-22(24)37-26(40)15-5-16(28(32,33)34)9-18(31)6-15/h1-12,25H,(H,37,40)(H,38,41)/t25-/m1/s1. The molecule has 2 amide bonds. The number of carbonyl (C=O) groups is 2. The highest BCUT2D eigenvalue weighted by Gasteiger charge is 2.36. The van der Waals surface area contributed by atoms with Gasteiger partial charge in [-0.15, -0.1) is 0 Å². The van der Waals surface area contributed by atoms with E-state index in [0.717, 1.165) is 0 Å². The molecule has 0 aliphatic carbocycles. The van der Waals surface area contributed by atoms with Crippen molar-refractivity contribution in [1.82, 2.24) is 19.9 Å². The summed E-state index contributed by atoms with van der Waals surface area (Å²) < 4.78 is 55.6. The number of anilines is 1.